The van der Waals surface area contributed by atoms with Crippen molar-refractivity contribution < 1.29 is 9.53 Å². The summed E-state index contributed by atoms with van der Waals surface area (Å²) in [5.74, 6) is 0.501. The molecule has 1 N–H and O–H groups in total. The Morgan fingerprint density at radius 3 is 2.76 bits per heavy atom. The number of amides is 1. The summed E-state index contributed by atoms with van der Waals surface area (Å²) in [5, 5.41) is 2.82. The van der Waals surface area contributed by atoms with Gasteiger partial charge in [-0.15, -0.1) is 0 Å². The zero-order valence-electron chi connectivity index (χ0n) is 12.4. The molecule has 3 rings (SSSR count). The monoisotopic (exact) mass is 290 g/mol. The fourth-order valence-electron chi connectivity index (χ4n) is 2.70. The number of rotatable bonds is 3. The van der Waals surface area contributed by atoms with E-state index in [-0.39, 0.29) is 12.0 Å². The van der Waals surface area contributed by atoms with Crippen molar-refractivity contribution in [3.05, 3.63) is 18.3 Å². The lowest BCUT2D eigenvalue weighted by Crippen LogP contribution is -2.44. The lowest BCUT2D eigenvalue weighted by molar-refractivity contribution is -0.124. The number of nitrogens with one attached hydrogen (secondary N) is 1. The van der Waals surface area contributed by atoms with E-state index in [0.717, 1.165) is 44.7 Å². The molecule has 2 fully saturated rings. The van der Waals surface area contributed by atoms with Crippen molar-refractivity contribution in [3.63, 3.8) is 0 Å². The molecule has 1 aromatic heterocycles. The second-order valence-corrected chi connectivity index (χ2v) is 5.68. The van der Waals surface area contributed by atoms with Gasteiger partial charge in [-0.1, -0.05) is 0 Å². The van der Waals surface area contributed by atoms with Gasteiger partial charge in [-0.3, -0.25) is 4.79 Å². The Morgan fingerprint density at radius 2 is 2.14 bits per heavy atom. The van der Waals surface area contributed by atoms with Crippen molar-refractivity contribution >= 4 is 17.4 Å². The molecule has 0 aromatic carbocycles. The number of piperazine rings is 1. The van der Waals surface area contributed by atoms with E-state index in [0.29, 0.717) is 12.4 Å². The number of aromatic nitrogens is 1. The first kappa shape index (κ1) is 14.3. The minimum absolute atomic E-state index is 0.0904. The number of hydrogen-bond acceptors (Lipinski definition) is 5. The van der Waals surface area contributed by atoms with Gasteiger partial charge in [-0.2, -0.15) is 0 Å². The minimum Gasteiger partial charge on any atom is -0.368 e. The summed E-state index contributed by atoms with van der Waals surface area (Å²) in [4.78, 5) is 20.9. The Balaban J connectivity index is 1.57. The van der Waals surface area contributed by atoms with E-state index >= 15 is 0 Å². The molecule has 2 aliphatic rings. The third kappa shape index (κ3) is 3.51. The van der Waals surface area contributed by atoms with Crippen LogP contribution in [0.15, 0.2) is 18.3 Å². The molecular formula is C15H22N4O2. The third-order valence-corrected chi connectivity index (χ3v) is 4.09. The van der Waals surface area contributed by atoms with Gasteiger partial charge in [0.25, 0.3) is 5.91 Å². The lowest BCUT2D eigenvalue weighted by Gasteiger charge is -2.33. The van der Waals surface area contributed by atoms with E-state index in [1.807, 2.05) is 18.3 Å². The molecule has 2 saturated heterocycles. The van der Waals surface area contributed by atoms with Crippen molar-refractivity contribution in [2.75, 3.05) is 50.1 Å². The molecular weight excluding hydrogens is 268 g/mol. The number of likely N-dealkylation sites (N-methyl/N-ethyl adjacent to an activating group) is 1. The summed E-state index contributed by atoms with van der Waals surface area (Å²) in [6.45, 7) is 4.84. The van der Waals surface area contributed by atoms with Crippen LogP contribution in [0, 0.1) is 0 Å². The normalized spacial score (nSPS) is 23.3. The van der Waals surface area contributed by atoms with E-state index in [9.17, 15) is 4.79 Å². The molecule has 0 unspecified atom stereocenters. The van der Waals surface area contributed by atoms with Crippen LogP contribution in [-0.4, -0.2) is 61.7 Å². The van der Waals surface area contributed by atoms with E-state index in [2.05, 4.69) is 27.1 Å². The number of hydrogen-bond donors (Lipinski definition) is 1. The Bertz CT molecular complexity index is 477. The number of ether oxygens (including phenoxy) is 1. The number of pyridine rings is 1. The third-order valence-electron chi connectivity index (χ3n) is 4.09. The van der Waals surface area contributed by atoms with Crippen LogP contribution >= 0.6 is 0 Å². The van der Waals surface area contributed by atoms with Crippen LogP contribution in [0.25, 0.3) is 0 Å². The molecule has 0 radical (unpaired) electrons. The molecule has 2 aliphatic heterocycles. The number of carbonyl (C=O) groups is 1. The molecule has 0 saturated carbocycles. The largest absolute Gasteiger partial charge is 0.368 e. The minimum atomic E-state index is -0.316. The molecule has 3 heterocycles. The fraction of sp³-hybridized carbons (Fsp3) is 0.600. The zero-order valence-corrected chi connectivity index (χ0v) is 12.4. The van der Waals surface area contributed by atoms with Crippen LogP contribution in [0.1, 0.15) is 12.8 Å². The molecule has 1 atom stereocenters. The van der Waals surface area contributed by atoms with Crippen LogP contribution < -0.4 is 10.2 Å². The van der Waals surface area contributed by atoms with Gasteiger partial charge in [0, 0.05) is 32.8 Å². The van der Waals surface area contributed by atoms with Crippen LogP contribution in [0.5, 0.6) is 0 Å². The smallest absolute Gasteiger partial charge is 0.254 e. The molecule has 0 spiro atoms. The Morgan fingerprint density at radius 1 is 1.33 bits per heavy atom. The Hall–Kier alpha value is -1.66. The molecule has 6 nitrogen and oxygen atoms in total. The summed E-state index contributed by atoms with van der Waals surface area (Å²) < 4.78 is 5.36. The van der Waals surface area contributed by atoms with E-state index < -0.39 is 0 Å². The van der Waals surface area contributed by atoms with Gasteiger partial charge in [0.1, 0.15) is 11.9 Å². The second-order valence-electron chi connectivity index (χ2n) is 5.68. The molecule has 0 bridgehead atoms. The number of anilines is 2. The van der Waals surface area contributed by atoms with E-state index in [1.54, 1.807) is 0 Å². The van der Waals surface area contributed by atoms with Gasteiger partial charge in [-0.25, -0.2) is 4.98 Å². The number of carbonyl (C=O) groups excluding carboxylic acids is 1. The summed E-state index contributed by atoms with van der Waals surface area (Å²) in [6, 6.07) is 3.88. The molecule has 21 heavy (non-hydrogen) atoms. The van der Waals surface area contributed by atoms with Gasteiger partial charge >= 0.3 is 0 Å². The van der Waals surface area contributed by atoms with Gasteiger partial charge in [0.05, 0.1) is 11.9 Å². The maximum atomic E-state index is 11.9. The molecule has 1 aromatic rings. The van der Waals surface area contributed by atoms with Crippen LogP contribution in [0.2, 0.25) is 0 Å². The predicted octanol–water partition coefficient (Wildman–Crippen LogP) is 0.951. The first-order valence-electron chi connectivity index (χ1n) is 7.54. The first-order chi connectivity index (χ1) is 10.2. The van der Waals surface area contributed by atoms with Crippen LogP contribution in [-0.2, 0) is 9.53 Å². The standard InChI is InChI=1S/C15H22N4O2/c1-18-6-8-19(9-7-18)12-4-5-14(16-11-12)17-15(20)13-3-2-10-21-13/h4-5,11,13H,2-3,6-10H2,1H3,(H,16,17,20)/t13-/m1/s1. The quantitative estimate of drug-likeness (QED) is 0.898. The molecule has 1 amide bonds. The summed E-state index contributed by atoms with van der Waals surface area (Å²) in [7, 11) is 2.14. The lowest BCUT2D eigenvalue weighted by atomic mass is 10.2. The summed E-state index contributed by atoms with van der Waals surface area (Å²) in [5.41, 5.74) is 1.11. The molecule has 0 aliphatic carbocycles. The molecule has 6 heteroatoms. The van der Waals surface area contributed by atoms with E-state index in [4.69, 9.17) is 4.74 Å². The second kappa shape index (κ2) is 6.41. The van der Waals surface area contributed by atoms with Crippen molar-refractivity contribution in [2.24, 2.45) is 0 Å². The predicted molar refractivity (Wildman–Crippen MR) is 81.6 cm³/mol. The maximum absolute atomic E-state index is 11.9. The zero-order chi connectivity index (χ0) is 14.7. The average Bonchev–Trinajstić information content (AvgIpc) is 3.03. The van der Waals surface area contributed by atoms with E-state index in [1.165, 1.54) is 0 Å². The maximum Gasteiger partial charge on any atom is 0.254 e. The highest BCUT2D eigenvalue weighted by Gasteiger charge is 2.23. The highest BCUT2D eigenvalue weighted by atomic mass is 16.5. The molecule has 114 valence electrons. The van der Waals surface area contributed by atoms with Gasteiger partial charge in [0.2, 0.25) is 0 Å². The van der Waals surface area contributed by atoms with Crippen molar-refractivity contribution in [1.82, 2.24) is 9.88 Å². The number of nitrogens with zero attached hydrogens (tertiary/aromatic N) is 3. The van der Waals surface area contributed by atoms with Crippen molar-refractivity contribution in [2.45, 2.75) is 18.9 Å². The fourth-order valence-corrected chi connectivity index (χ4v) is 2.70. The summed E-state index contributed by atoms with van der Waals surface area (Å²) in [6.07, 6.45) is 3.26. The average molecular weight is 290 g/mol. The summed E-state index contributed by atoms with van der Waals surface area (Å²) >= 11 is 0. The van der Waals surface area contributed by atoms with Crippen LogP contribution in [0.4, 0.5) is 11.5 Å². The SMILES string of the molecule is CN1CCN(c2ccc(NC(=O)[C@H]3CCCO3)nc2)CC1. The topological polar surface area (TPSA) is 57.7 Å². The first-order valence-corrected chi connectivity index (χ1v) is 7.54. The van der Waals surface area contributed by atoms with Gasteiger partial charge < -0.3 is 19.9 Å². The van der Waals surface area contributed by atoms with Gasteiger partial charge in [-0.05, 0) is 32.0 Å². The highest BCUT2D eigenvalue weighted by molar-refractivity contribution is 5.93. The highest BCUT2D eigenvalue weighted by Crippen LogP contribution is 2.18. The Kier molecular flexibility index (Phi) is 4.36. The van der Waals surface area contributed by atoms with Crippen LogP contribution in [0.3, 0.4) is 0 Å². The van der Waals surface area contributed by atoms with Crippen molar-refractivity contribution in [3.8, 4) is 0 Å². The van der Waals surface area contributed by atoms with Gasteiger partial charge in [0.15, 0.2) is 0 Å². The Labute approximate surface area is 125 Å². The van der Waals surface area contributed by atoms with Crippen molar-refractivity contribution in [1.29, 1.82) is 0 Å².